The Kier molecular flexibility index (Phi) is 14.4. The Labute approximate surface area is 231 Å². The molecule has 0 aliphatic rings. The molecule has 0 atom stereocenters. The van der Waals surface area contributed by atoms with Crippen molar-refractivity contribution in [2.75, 3.05) is 11.9 Å². The smallest absolute Gasteiger partial charge is 0.255 e. The number of hydrogen-bond acceptors (Lipinski definition) is 3. The summed E-state index contributed by atoms with van der Waals surface area (Å²) in [5.41, 5.74) is 4.68. The van der Waals surface area contributed by atoms with Gasteiger partial charge in [-0.05, 0) is 43.7 Å². The first-order chi connectivity index (χ1) is 17.1. The van der Waals surface area contributed by atoms with Crippen molar-refractivity contribution in [1.82, 2.24) is 0 Å². The molecule has 1 aromatic heterocycles. The van der Waals surface area contributed by atoms with Gasteiger partial charge in [-0.3, -0.25) is 4.79 Å². The summed E-state index contributed by atoms with van der Waals surface area (Å²) in [7, 11) is 0. The lowest BCUT2D eigenvalue weighted by Gasteiger charge is -2.09. The number of ether oxygens (including phenoxy) is 1. The van der Waals surface area contributed by atoms with Crippen LogP contribution >= 0.6 is 11.3 Å². The number of unbranched alkanes of at least 4 members (excludes halogenated alkanes) is 9. The summed E-state index contributed by atoms with van der Waals surface area (Å²) in [6.07, 6.45) is 15.2. The molecule has 6 heteroatoms. The predicted octanol–water partition coefficient (Wildman–Crippen LogP) is 4.95. The molecular weight excluding hydrogens is 532 g/mol. The van der Waals surface area contributed by atoms with Crippen molar-refractivity contribution >= 4 is 22.9 Å². The van der Waals surface area contributed by atoms with Gasteiger partial charge in [0.2, 0.25) is 5.51 Å². The summed E-state index contributed by atoms with van der Waals surface area (Å²) in [5.74, 6) is 0.636. The number of aryl methyl sites for hydroxylation is 1. The van der Waals surface area contributed by atoms with Crippen LogP contribution in [0.4, 0.5) is 5.69 Å². The largest absolute Gasteiger partial charge is 1.00 e. The molecule has 0 aliphatic heterocycles. The van der Waals surface area contributed by atoms with E-state index < -0.39 is 0 Å². The molecular formula is C30H41BrN2O2S. The third-order valence-electron chi connectivity index (χ3n) is 6.13. The Bertz CT molecular complexity index is 1040. The molecule has 36 heavy (non-hydrogen) atoms. The lowest BCUT2D eigenvalue weighted by Crippen LogP contribution is -3.00. The third-order valence-corrected chi connectivity index (χ3v) is 6.99. The van der Waals surface area contributed by atoms with Gasteiger partial charge in [0.1, 0.15) is 5.75 Å². The van der Waals surface area contributed by atoms with Crippen molar-refractivity contribution in [3.63, 3.8) is 0 Å². The van der Waals surface area contributed by atoms with E-state index in [9.17, 15) is 4.79 Å². The molecule has 0 aliphatic carbocycles. The Hall–Kier alpha value is -2.18. The van der Waals surface area contributed by atoms with Crippen molar-refractivity contribution in [1.29, 1.82) is 0 Å². The van der Waals surface area contributed by atoms with Crippen molar-refractivity contribution in [3.05, 3.63) is 76.2 Å². The number of hydrogen-bond donors (Lipinski definition) is 1. The van der Waals surface area contributed by atoms with Crippen LogP contribution < -0.4 is 31.6 Å². The van der Waals surface area contributed by atoms with Gasteiger partial charge in [-0.25, -0.2) is 0 Å². The van der Waals surface area contributed by atoms with Gasteiger partial charge in [0.25, 0.3) is 5.91 Å². The standard InChI is InChI=1S/C30H40N2O2S.BrH/c1-3-4-5-6-7-8-9-10-11-12-19-34-29-18-14-16-27(21-29)30(33)31-28-17-13-15-26(20-28)23-32-22-25(2)35-24-32;/h13-18,20-22,24H,3-12,19,23H2,1-2H3;1H. The molecule has 0 radical (unpaired) electrons. The fourth-order valence-electron chi connectivity index (χ4n) is 4.20. The monoisotopic (exact) mass is 572 g/mol. The zero-order valence-electron chi connectivity index (χ0n) is 21.8. The summed E-state index contributed by atoms with van der Waals surface area (Å²) in [6.45, 7) is 5.85. The maximum absolute atomic E-state index is 12.8. The second-order valence-corrected chi connectivity index (χ2v) is 10.4. The van der Waals surface area contributed by atoms with Gasteiger partial charge in [0, 0.05) is 16.8 Å². The first kappa shape index (κ1) is 30.0. The van der Waals surface area contributed by atoms with E-state index in [4.69, 9.17) is 4.74 Å². The highest BCUT2D eigenvalue weighted by Crippen LogP contribution is 2.18. The van der Waals surface area contributed by atoms with Crippen LogP contribution in [0.1, 0.15) is 91.9 Å². The van der Waals surface area contributed by atoms with Crippen molar-refractivity contribution in [2.45, 2.75) is 84.6 Å². The summed E-state index contributed by atoms with van der Waals surface area (Å²) in [4.78, 5) is 14.1. The normalized spacial score (nSPS) is 10.6. The maximum Gasteiger partial charge on any atom is 0.255 e. The van der Waals surface area contributed by atoms with Gasteiger partial charge in [0.05, 0.1) is 11.5 Å². The second-order valence-electron chi connectivity index (χ2n) is 9.35. The fraction of sp³-hybridized carbons (Fsp3) is 0.467. The van der Waals surface area contributed by atoms with Crippen LogP contribution in [-0.2, 0) is 6.54 Å². The lowest BCUT2D eigenvalue weighted by atomic mass is 10.1. The van der Waals surface area contributed by atoms with Crippen LogP contribution in [0, 0.1) is 6.92 Å². The summed E-state index contributed by atoms with van der Waals surface area (Å²) in [6, 6.07) is 15.5. The van der Waals surface area contributed by atoms with E-state index in [2.05, 4.69) is 41.5 Å². The van der Waals surface area contributed by atoms with E-state index in [0.717, 1.165) is 30.0 Å². The minimum atomic E-state index is -0.120. The first-order valence-electron chi connectivity index (χ1n) is 13.2. The number of benzene rings is 2. The second kappa shape index (κ2) is 17.3. The SMILES string of the molecule is CCCCCCCCCCCCOc1cccc(C(=O)Nc2cccc(C[n+]3csc(C)c3)c2)c1.[Br-]. The van der Waals surface area contributed by atoms with Crippen LogP contribution in [0.15, 0.2) is 60.2 Å². The number of thiazole rings is 1. The molecule has 1 heterocycles. The van der Waals surface area contributed by atoms with Crippen LogP contribution in [0.25, 0.3) is 0 Å². The number of carbonyl (C=O) groups is 1. The molecule has 4 nitrogen and oxygen atoms in total. The highest BCUT2D eigenvalue weighted by Gasteiger charge is 2.10. The summed E-state index contributed by atoms with van der Waals surface area (Å²) >= 11 is 1.73. The number of rotatable bonds is 16. The summed E-state index contributed by atoms with van der Waals surface area (Å²) in [5, 5.41) is 3.03. The maximum atomic E-state index is 12.8. The molecule has 1 amide bonds. The number of halogens is 1. The fourth-order valence-corrected chi connectivity index (χ4v) is 4.83. The highest BCUT2D eigenvalue weighted by atomic mass is 79.9. The average Bonchev–Trinajstić information content (AvgIpc) is 3.27. The van der Waals surface area contributed by atoms with Crippen LogP contribution in [-0.4, -0.2) is 12.5 Å². The number of aromatic nitrogens is 1. The molecule has 1 N–H and O–H groups in total. The molecule has 0 saturated heterocycles. The van der Waals surface area contributed by atoms with E-state index >= 15 is 0 Å². The van der Waals surface area contributed by atoms with Gasteiger partial charge in [-0.1, -0.05) is 94.2 Å². The number of nitrogens with zero attached hydrogens (tertiary/aromatic N) is 1. The van der Waals surface area contributed by atoms with E-state index in [1.807, 2.05) is 42.5 Å². The molecule has 0 saturated carbocycles. The molecule has 0 unspecified atom stereocenters. The van der Waals surface area contributed by atoms with Gasteiger partial charge >= 0.3 is 0 Å². The zero-order valence-corrected chi connectivity index (χ0v) is 24.2. The Morgan fingerprint density at radius 2 is 1.61 bits per heavy atom. The molecule has 3 rings (SSSR count). The van der Waals surface area contributed by atoms with E-state index in [0.29, 0.717) is 12.2 Å². The summed E-state index contributed by atoms with van der Waals surface area (Å²) < 4.78 is 8.09. The van der Waals surface area contributed by atoms with Gasteiger partial charge in [-0.2, -0.15) is 4.57 Å². The van der Waals surface area contributed by atoms with Crippen LogP contribution in [0.5, 0.6) is 5.75 Å². The minimum Gasteiger partial charge on any atom is -1.00 e. The number of nitrogens with one attached hydrogen (secondary N) is 1. The molecule has 2 aromatic carbocycles. The number of anilines is 1. The zero-order chi connectivity index (χ0) is 24.7. The molecule has 0 bridgehead atoms. The van der Waals surface area contributed by atoms with Crippen molar-refractivity contribution < 1.29 is 31.1 Å². The minimum absolute atomic E-state index is 0. The first-order valence-corrected chi connectivity index (χ1v) is 14.1. The highest BCUT2D eigenvalue weighted by molar-refractivity contribution is 7.09. The molecule has 0 fully saturated rings. The van der Waals surface area contributed by atoms with E-state index in [1.165, 1.54) is 62.7 Å². The third kappa shape index (κ3) is 11.3. The van der Waals surface area contributed by atoms with Crippen LogP contribution in [0.3, 0.4) is 0 Å². The average molecular weight is 574 g/mol. The molecule has 3 aromatic rings. The quantitative estimate of drug-likeness (QED) is 0.195. The van der Waals surface area contributed by atoms with Crippen molar-refractivity contribution in [3.8, 4) is 5.75 Å². The van der Waals surface area contributed by atoms with Gasteiger partial charge < -0.3 is 27.0 Å². The van der Waals surface area contributed by atoms with Crippen LogP contribution in [0.2, 0.25) is 0 Å². The van der Waals surface area contributed by atoms with Gasteiger partial charge in [-0.15, -0.1) is 0 Å². The van der Waals surface area contributed by atoms with E-state index in [1.54, 1.807) is 11.3 Å². The Balaban J connectivity index is 0.00000456. The number of carbonyl (C=O) groups excluding carboxylic acids is 1. The Morgan fingerprint density at radius 3 is 2.31 bits per heavy atom. The Morgan fingerprint density at radius 1 is 0.917 bits per heavy atom. The topological polar surface area (TPSA) is 42.2 Å². The lowest BCUT2D eigenvalue weighted by molar-refractivity contribution is -0.683. The number of amides is 1. The van der Waals surface area contributed by atoms with Crippen molar-refractivity contribution in [2.24, 2.45) is 0 Å². The van der Waals surface area contributed by atoms with E-state index in [-0.39, 0.29) is 22.9 Å². The molecule has 196 valence electrons. The van der Waals surface area contributed by atoms with Gasteiger partial charge in [0.15, 0.2) is 12.7 Å². The predicted molar refractivity (Wildman–Crippen MR) is 147 cm³/mol. The molecule has 0 spiro atoms.